The summed E-state index contributed by atoms with van der Waals surface area (Å²) < 4.78 is 0. The molecule has 0 spiro atoms. The van der Waals surface area contributed by atoms with Crippen molar-refractivity contribution in [1.82, 2.24) is 5.32 Å². The van der Waals surface area contributed by atoms with Crippen LogP contribution in [0.3, 0.4) is 0 Å². The van der Waals surface area contributed by atoms with Gasteiger partial charge >= 0.3 is 0 Å². The van der Waals surface area contributed by atoms with Crippen LogP contribution in [0.15, 0.2) is 30.3 Å². The van der Waals surface area contributed by atoms with E-state index in [1.807, 2.05) is 6.07 Å². The monoisotopic (exact) mass is 243 g/mol. The molecule has 1 nitrogen and oxygen atoms in total. The van der Waals surface area contributed by atoms with Gasteiger partial charge in [-0.15, -0.1) is 17.0 Å². The van der Waals surface area contributed by atoms with E-state index in [1.165, 1.54) is 5.56 Å². The van der Waals surface area contributed by atoms with Crippen LogP contribution in [0.5, 0.6) is 0 Å². The lowest BCUT2D eigenvalue weighted by molar-refractivity contribution is 0.416. The van der Waals surface area contributed by atoms with E-state index < -0.39 is 0 Å². The predicted molar refractivity (Wildman–Crippen MR) is 63.5 cm³/mol. The van der Waals surface area contributed by atoms with Gasteiger partial charge in [0.1, 0.15) is 0 Å². The molecule has 1 N–H and O–H groups in total. The van der Waals surface area contributed by atoms with Gasteiger partial charge in [0.15, 0.2) is 0 Å². The van der Waals surface area contributed by atoms with Gasteiger partial charge in [-0.05, 0) is 26.0 Å². The molecular weight excluding hydrogens is 226 g/mol. The third kappa shape index (κ3) is 3.49. The van der Waals surface area contributed by atoms with Crippen LogP contribution in [0.4, 0.5) is 0 Å². The van der Waals surface area contributed by atoms with Gasteiger partial charge < -0.3 is 5.32 Å². The molecule has 1 aromatic carbocycles. The van der Waals surface area contributed by atoms with Gasteiger partial charge in [-0.1, -0.05) is 37.3 Å². The molecule has 74 valence electrons. The molecule has 0 amide bonds. The molecule has 0 unspecified atom stereocenters. The van der Waals surface area contributed by atoms with Crippen LogP contribution in [-0.4, -0.2) is 6.54 Å². The predicted octanol–water partition coefficient (Wildman–Crippen LogP) is 3.11. The highest BCUT2D eigenvalue weighted by Gasteiger charge is 2.17. The van der Waals surface area contributed by atoms with E-state index in [2.05, 4.69) is 50.4 Å². The summed E-state index contributed by atoms with van der Waals surface area (Å²) in [6, 6.07) is 10.5. The average Bonchev–Trinajstić information content (AvgIpc) is 2.06. The second kappa shape index (κ2) is 5.40. The number of rotatable bonds is 3. The fourth-order valence-corrected chi connectivity index (χ4v) is 1.40. The zero-order valence-electron chi connectivity index (χ0n) is 8.50. The van der Waals surface area contributed by atoms with Crippen LogP contribution in [0.25, 0.3) is 0 Å². The summed E-state index contributed by atoms with van der Waals surface area (Å²) in [5.41, 5.74) is 1.43. The smallest absolute Gasteiger partial charge is 0.0377 e. The molecule has 0 radical (unpaired) electrons. The Labute approximate surface area is 91.3 Å². The number of benzene rings is 1. The zero-order valence-corrected chi connectivity index (χ0v) is 10.2. The highest BCUT2D eigenvalue weighted by atomic mass is 79.9. The molecule has 0 heterocycles. The van der Waals surface area contributed by atoms with Gasteiger partial charge in [-0.3, -0.25) is 0 Å². The molecule has 2 heteroatoms. The molecule has 0 aliphatic heterocycles. The van der Waals surface area contributed by atoms with E-state index in [0.717, 1.165) is 6.54 Å². The Balaban J connectivity index is 0.00000144. The Kier molecular flexibility index (Phi) is 5.26. The van der Waals surface area contributed by atoms with Gasteiger partial charge in [0, 0.05) is 5.54 Å². The van der Waals surface area contributed by atoms with E-state index >= 15 is 0 Å². The van der Waals surface area contributed by atoms with Gasteiger partial charge in [0.2, 0.25) is 0 Å². The highest BCUT2D eigenvalue weighted by Crippen LogP contribution is 2.18. The van der Waals surface area contributed by atoms with Crippen molar-refractivity contribution >= 4 is 17.0 Å². The Morgan fingerprint density at radius 2 is 1.69 bits per heavy atom. The first-order chi connectivity index (χ1) is 5.67. The zero-order chi connectivity index (χ0) is 9.03. The Morgan fingerprint density at radius 3 is 2.15 bits per heavy atom. The lowest BCUT2D eigenvalue weighted by Crippen LogP contribution is -2.36. The van der Waals surface area contributed by atoms with Gasteiger partial charge in [-0.2, -0.15) is 0 Å². The first-order valence-corrected chi connectivity index (χ1v) is 4.47. The third-order valence-corrected chi connectivity index (χ3v) is 2.11. The number of halogens is 1. The fraction of sp³-hybridized carbons (Fsp3) is 0.455. The van der Waals surface area contributed by atoms with Crippen molar-refractivity contribution in [2.75, 3.05) is 6.54 Å². The maximum atomic E-state index is 3.44. The molecule has 0 bridgehead atoms. The molecule has 0 aromatic heterocycles. The summed E-state index contributed by atoms with van der Waals surface area (Å²) in [5.74, 6) is 0. The lowest BCUT2D eigenvalue weighted by Gasteiger charge is -2.26. The molecule has 0 atom stereocenters. The maximum absolute atomic E-state index is 3.44. The van der Waals surface area contributed by atoms with Crippen LogP contribution in [0, 0.1) is 0 Å². The Morgan fingerprint density at radius 1 is 1.15 bits per heavy atom. The van der Waals surface area contributed by atoms with E-state index in [0.29, 0.717) is 0 Å². The summed E-state index contributed by atoms with van der Waals surface area (Å²) in [6.07, 6.45) is 0. The van der Waals surface area contributed by atoms with Gasteiger partial charge in [0.25, 0.3) is 0 Å². The Hall–Kier alpha value is -0.340. The minimum absolute atomic E-state index is 0. The SMILES string of the molecule is Br.CCNC(C)(C)c1ccccc1. The van der Waals surface area contributed by atoms with Crippen LogP contribution in [0.1, 0.15) is 26.3 Å². The molecule has 0 aliphatic carbocycles. The van der Waals surface area contributed by atoms with Gasteiger partial charge in [0.05, 0.1) is 0 Å². The van der Waals surface area contributed by atoms with Crippen LogP contribution < -0.4 is 5.32 Å². The topological polar surface area (TPSA) is 12.0 Å². The summed E-state index contributed by atoms with van der Waals surface area (Å²) in [4.78, 5) is 0. The molecular formula is C11H18BrN. The molecule has 0 saturated carbocycles. The van der Waals surface area contributed by atoms with Crippen molar-refractivity contribution in [1.29, 1.82) is 0 Å². The second-order valence-electron chi connectivity index (χ2n) is 3.52. The quantitative estimate of drug-likeness (QED) is 0.861. The molecule has 1 aromatic rings. The van der Waals surface area contributed by atoms with Gasteiger partial charge in [-0.25, -0.2) is 0 Å². The number of hydrogen-bond donors (Lipinski definition) is 1. The molecule has 13 heavy (non-hydrogen) atoms. The van der Waals surface area contributed by atoms with E-state index in [4.69, 9.17) is 0 Å². The van der Waals surface area contributed by atoms with Crippen molar-refractivity contribution in [3.8, 4) is 0 Å². The normalized spacial score (nSPS) is 10.7. The minimum atomic E-state index is 0. The molecule has 0 aliphatic rings. The average molecular weight is 244 g/mol. The Bertz CT molecular complexity index is 231. The number of hydrogen-bond acceptors (Lipinski definition) is 1. The molecule has 1 rings (SSSR count). The van der Waals surface area contributed by atoms with E-state index in [9.17, 15) is 0 Å². The lowest BCUT2D eigenvalue weighted by atomic mass is 9.94. The summed E-state index contributed by atoms with van der Waals surface area (Å²) in [6.45, 7) is 7.53. The second-order valence-corrected chi connectivity index (χ2v) is 3.52. The van der Waals surface area contributed by atoms with Crippen molar-refractivity contribution in [2.45, 2.75) is 26.3 Å². The third-order valence-electron chi connectivity index (χ3n) is 2.11. The summed E-state index contributed by atoms with van der Waals surface area (Å²) >= 11 is 0. The van der Waals surface area contributed by atoms with Crippen LogP contribution >= 0.6 is 17.0 Å². The minimum Gasteiger partial charge on any atom is -0.308 e. The van der Waals surface area contributed by atoms with Crippen molar-refractivity contribution in [2.24, 2.45) is 0 Å². The van der Waals surface area contributed by atoms with Crippen molar-refractivity contribution < 1.29 is 0 Å². The molecule has 0 saturated heterocycles. The largest absolute Gasteiger partial charge is 0.308 e. The van der Waals surface area contributed by atoms with Crippen molar-refractivity contribution in [3.05, 3.63) is 35.9 Å². The first-order valence-electron chi connectivity index (χ1n) is 4.47. The maximum Gasteiger partial charge on any atom is 0.0377 e. The fourth-order valence-electron chi connectivity index (χ4n) is 1.40. The van der Waals surface area contributed by atoms with Crippen LogP contribution in [-0.2, 0) is 5.54 Å². The number of nitrogens with one attached hydrogen (secondary N) is 1. The van der Waals surface area contributed by atoms with Crippen molar-refractivity contribution in [3.63, 3.8) is 0 Å². The van der Waals surface area contributed by atoms with E-state index in [1.54, 1.807) is 0 Å². The summed E-state index contributed by atoms with van der Waals surface area (Å²) in [5, 5.41) is 3.44. The first kappa shape index (κ1) is 12.7. The van der Waals surface area contributed by atoms with E-state index in [-0.39, 0.29) is 22.5 Å². The molecule has 0 fully saturated rings. The standard InChI is InChI=1S/C11H17N.BrH/c1-4-12-11(2,3)10-8-6-5-7-9-10;/h5-9,12H,4H2,1-3H3;1H. The summed E-state index contributed by atoms with van der Waals surface area (Å²) in [7, 11) is 0. The van der Waals surface area contributed by atoms with Crippen LogP contribution in [0.2, 0.25) is 0 Å². The highest BCUT2D eigenvalue weighted by molar-refractivity contribution is 8.93.